The minimum Gasteiger partial charge on any atom is -0.478 e. The third kappa shape index (κ3) is 5.39. The Morgan fingerprint density at radius 1 is 1.24 bits per heavy atom. The number of benzene rings is 1. The molecule has 0 aliphatic heterocycles. The Kier molecular flexibility index (Phi) is 6.31. The van der Waals surface area contributed by atoms with Crippen molar-refractivity contribution in [3.8, 4) is 10.6 Å². The number of carboxylic acids is 1. The van der Waals surface area contributed by atoms with Crippen molar-refractivity contribution in [3.63, 3.8) is 0 Å². The van der Waals surface area contributed by atoms with Crippen LogP contribution in [0.1, 0.15) is 46.1 Å². The largest absolute Gasteiger partial charge is 0.478 e. The third-order valence-corrected chi connectivity index (χ3v) is 4.67. The number of anilines is 1. The van der Waals surface area contributed by atoms with E-state index in [1.807, 2.05) is 45.0 Å². The van der Waals surface area contributed by atoms with Crippen LogP contribution in [0.5, 0.6) is 0 Å². The molecule has 6 heteroatoms. The van der Waals surface area contributed by atoms with Gasteiger partial charge in [0.05, 0.1) is 0 Å². The number of rotatable bonds is 7. The van der Waals surface area contributed by atoms with Crippen LogP contribution in [0.3, 0.4) is 0 Å². The van der Waals surface area contributed by atoms with Crippen molar-refractivity contribution in [1.29, 1.82) is 0 Å². The summed E-state index contributed by atoms with van der Waals surface area (Å²) in [6, 6.07) is 7.72. The minimum absolute atomic E-state index is 0.388. The second-order valence-corrected chi connectivity index (χ2v) is 7.91. The average Bonchev–Trinajstić information content (AvgIpc) is 3.01. The van der Waals surface area contributed by atoms with E-state index in [9.17, 15) is 9.90 Å². The molecule has 2 aromatic rings. The van der Waals surface area contributed by atoms with Gasteiger partial charge in [-0.1, -0.05) is 69.7 Å². The number of nitrogens with one attached hydrogen (secondary N) is 1. The summed E-state index contributed by atoms with van der Waals surface area (Å²) in [4.78, 5) is 11.5. The topological polar surface area (TPSA) is 75.1 Å². The van der Waals surface area contributed by atoms with Gasteiger partial charge in [-0.25, -0.2) is 4.79 Å². The summed E-state index contributed by atoms with van der Waals surface area (Å²) in [5, 5.41) is 22.7. The molecule has 1 heterocycles. The summed E-state index contributed by atoms with van der Waals surface area (Å²) < 4.78 is 0. The fourth-order valence-electron chi connectivity index (χ4n) is 2.27. The molecule has 2 N–H and O–H groups in total. The van der Waals surface area contributed by atoms with E-state index in [-0.39, 0.29) is 0 Å². The van der Waals surface area contributed by atoms with E-state index in [1.54, 1.807) is 6.08 Å². The molecule has 0 aliphatic rings. The van der Waals surface area contributed by atoms with E-state index in [2.05, 4.69) is 22.4 Å². The van der Waals surface area contributed by atoms with Crippen LogP contribution in [0.2, 0.25) is 0 Å². The molecule has 0 amide bonds. The maximum atomic E-state index is 11.5. The standard InChI is InChI=1S/C19H25N3O2S/c1-5-6-11-20-18-22-21-16(25-18)14-9-7-13(8-10-14)12-15(17(23)24)19(2,3)4/h7-10,12H,5-6,11H2,1-4H3,(H,20,22)(H,23,24). The lowest BCUT2D eigenvalue weighted by molar-refractivity contribution is -0.133. The van der Waals surface area contributed by atoms with Gasteiger partial charge in [0.15, 0.2) is 0 Å². The molecule has 0 saturated heterocycles. The predicted octanol–water partition coefficient (Wildman–Crippen LogP) is 4.93. The van der Waals surface area contributed by atoms with Gasteiger partial charge in [0.25, 0.3) is 0 Å². The van der Waals surface area contributed by atoms with Crippen molar-refractivity contribution < 1.29 is 9.90 Å². The van der Waals surface area contributed by atoms with Crippen molar-refractivity contribution in [1.82, 2.24) is 10.2 Å². The van der Waals surface area contributed by atoms with E-state index in [4.69, 9.17) is 0 Å². The number of aromatic nitrogens is 2. The SMILES string of the molecule is CCCCNc1nnc(-c2ccc(C=C(C(=O)O)C(C)(C)C)cc2)s1. The number of unbranched alkanes of at least 4 members (excludes halogenated alkanes) is 1. The van der Waals surface area contributed by atoms with Crippen LogP contribution < -0.4 is 5.32 Å². The smallest absolute Gasteiger partial charge is 0.332 e. The summed E-state index contributed by atoms with van der Waals surface area (Å²) >= 11 is 1.52. The number of aliphatic carboxylic acids is 1. The van der Waals surface area contributed by atoms with Crippen molar-refractivity contribution in [2.24, 2.45) is 5.41 Å². The lowest BCUT2D eigenvalue weighted by Crippen LogP contribution is -2.17. The number of carboxylic acid groups (broad SMARTS) is 1. The van der Waals surface area contributed by atoms with Gasteiger partial charge >= 0.3 is 5.97 Å². The second-order valence-electron chi connectivity index (χ2n) is 6.93. The monoisotopic (exact) mass is 359 g/mol. The summed E-state index contributed by atoms with van der Waals surface area (Å²) in [6.07, 6.45) is 3.97. The molecular formula is C19H25N3O2S. The molecule has 0 spiro atoms. The first-order chi connectivity index (χ1) is 11.8. The minimum atomic E-state index is -0.886. The first-order valence-corrected chi connectivity index (χ1v) is 9.26. The van der Waals surface area contributed by atoms with Crippen LogP contribution in [0.4, 0.5) is 5.13 Å². The summed E-state index contributed by atoms with van der Waals surface area (Å²) in [5.41, 5.74) is 1.81. The van der Waals surface area contributed by atoms with Crippen LogP contribution in [0, 0.1) is 5.41 Å². The van der Waals surface area contributed by atoms with Crippen LogP contribution in [-0.2, 0) is 4.79 Å². The summed E-state index contributed by atoms with van der Waals surface area (Å²) in [6.45, 7) is 8.75. The normalized spacial score (nSPS) is 12.2. The molecule has 0 atom stereocenters. The predicted molar refractivity (Wildman–Crippen MR) is 104 cm³/mol. The summed E-state index contributed by atoms with van der Waals surface area (Å²) in [7, 11) is 0. The maximum absolute atomic E-state index is 11.5. The first-order valence-electron chi connectivity index (χ1n) is 8.44. The van der Waals surface area contributed by atoms with E-state index in [1.165, 1.54) is 11.3 Å². The highest BCUT2D eigenvalue weighted by Crippen LogP contribution is 2.29. The molecule has 2 rings (SSSR count). The number of nitrogens with zero attached hydrogens (tertiary/aromatic N) is 2. The van der Waals surface area contributed by atoms with Crippen molar-refractivity contribution in [2.45, 2.75) is 40.5 Å². The first kappa shape index (κ1) is 19.1. The van der Waals surface area contributed by atoms with E-state index < -0.39 is 11.4 Å². The number of hydrogen-bond donors (Lipinski definition) is 2. The number of carbonyl (C=O) groups is 1. The Morgan fingerprint density at radius 2 is 1.92 bits per heavy atom. The van der Waals surface area contributed by atoms with Gasteiger partial charge in [-0.3, -0.25) is 0 Å². The van der Waals surface area contributed by atoms with Crippen molar-refractivity contribution >= 4 is 28.5 Å². The van der Waals surface area contributed by atoms with Crippen LogP contribution in [0.15, 0.2) is 29.8 Å². The van der Waals surface area contributed by atoms with Gasteiger partial charge in [0.2, 0.25) is 5.13 Å². The molecule has 0 bridgehead atoms. The molecule has 134 valence electrons. The Labute approximate surface area is 152 Å². The highest BCUT2D eigenvalue weighted by atomic mass is 32.1. The van der Waals surface area contributed by atoms with Crippen LogP contribution in [-0.4, -0.2) is 27.8 Å². The van der Waals surface area contributed by atoms with Crippen molar-refractivity contribution in [2.75, 3.05) is 11.9 Å². The number of hydrogen-bond acceptors (Lipinski definition) is 5. The Morgan fingerprint density at radius 3 is 2.48 bits per heavy atom. The average molecular weight is 359 g/mol. The van der Waals surface area contributed by atoms with Gasteiger partial charge in [0, 0.05) is 17.7 Å². The zero-order valence-corrected chi connectivity index (χ0v) is 16.0. The molecule has 0 saturated carbocycles. The Balaban J connectivity index is 2.16. The molecule has 5 nitrogen and oxygen atoms in total. The van der Waals surface area contributed by atoms with Crippen molar-refractivity contribution in [3.05, 3.63) is 35.4 Å². The van der Waals surface area contributed by atoms with Crippen LogP contribution in [0.25, 0.3) is 16.6 Å². The third-order valence-electron chi connectivity index (χ3n) is 3.74. The molecule has 25 heavy (non-hydrogen) atoms. The maximum Gasteiger partial charge on any atom is 0.332 e. The van der Waals surface area contributed by atoms with Gasteiger partial charge < -0.3 is 10.4 Å². The fraction of sp³-hybridized carbons (Fsp3) is 0.421. The molecule has 1 aromatic heterocycles. The van der Waals surface area contributed by atoms with E-state index in [0.29, 0.717) is 5.57 Å². The summed E-state index contributed by atoms with van der Waals surface area (Å²) in [5.74, 6) is -0.886. The van der Waals surface area contributed by atoms with Gasteiger partial charge in [-0.15, -0.1) is 10.2 Å². The highest BCUT2D eigenvalue weighted by Gasteiger charge is 2.23. The van der Waals surface area contributed by atoms with Crippen LogP contribution >= 0.6 is 11.3 Å². The highest BCUT2D eigenvalue weighted by molar-refractivity contribution is 7.18. The lowest BCUT2D eigenvalue weighted by Gasteiger charge is -2.19. The van der Waals surface area contributed by atoms with Gasteiger partial charge in [0.1, 0.15) is 5.01 Å². The zero-order chi connectivity index (χ0) is 18.4. The zero-order valence-electron chi connectivity index (χ0n) is 15.2. The molecule has 0 fully saturated rings. The molecule has 0 aliphatic carbocycles. The van der Waals surface area contributed by atoms with E-state index >= 15 is 0 Å². The quantitative estimate of drug-likeness (QED) is 0.541. The molecule has 0 radical (unpaired) electrons. The molecule has 1 aromatic carbocycles. The fourth-order valence-corrected chi connectivity index (χ4v) is 3.05. The van der Waals surface area contributed by atoms with Gasteiger partial charge in [-0.2, -0.15) is 0 Å². The van der Waals surface area contributed by atoms with Gasteiger partial charge in [-0.05, 0) is 23.5 Å². The molecular weight excluding hydrogens is 334 g/mol. The second kappa shape index (κ2) is 8.25. The lowest BCUT2D eigenvalue weighted by atomic mass is 9.85. The van der Waals surface area contributed by atoms with E-state index in [0.717, 1.165) is 40.7 Å². The Bertz CT molecular complexity index is 743. The molecule has 0 unspecified atom stereocenters. The Hall–Kier alpha value is -2.21.